The molecule has 1 aromatic heterocycles. The summed E-state index contributed by atoms with van der Waals surface area (Å²) >= 11 is 0. The molecule has 0 bridgehead atoms. The van der Waals surface area contributed by atoms with E-state index in [1.54, 1.807) is 0 Å². The molecule has 0 fully saturated rings. The zero-order valence-electron chi connectivity index (χ0n) is 27.4. The van der Waals surface area contributed by atoms with Gasteiger partial charge in [0.1, 0.15) is 11.2 Å². The van der Waals surface area contributed by atoms with Gasteiger partial charge < -0.3 is 9.32 Å². The van der Waals surface area contributed by atoms with E-state index in [9.17, 15) is 0 Å². The summed E-state index contributed by atoms with van der Waals surface area (Å²) in [5, 5.41) is 7.07. The number of benzene rings is 8. The molecule has 10 rings (SSSR count). The fourth-order valence-corrected chi connectivity index (χ4v) is 8.40. The van der Waals surface area contributed by atoms with Crippen LogP contribution in [-0.2, 0) is 5.41 Å². The average molecular weight is 628 g/mol. The normalized spacial score (nSPS) is 13.3. The first-order chi connectivity index (χ1) is 24.1. The third-order valence-electron chi connectivity index (χ3n) is 10.6. The molecule has 0 saturated heterocycles. The van der Waals surface area contributed by atoms with Crippen LogP contribution in [0.5, 0.6) is 0 Å². The van der Waals surface area contributed by atoms with Gasteiger partial charge in [0.15, 0.2) is 0 Å². The summed E-state index contributed by atoms with van der Waals surface area (Å²) in [6, 6.07) is 59.3. The van der Waals surface area contributed by atoms with Crippen molar-refractivity contribution in [1.29, 1.82) is 0 Å². The van der Waals surface area contributed by atoms with Crippen molar-refractivity contribution in [2.45, 2.75) is 19.3 Å². The van der Waals surface area contributed by atoms with Crippen LogP contribution < -0.4 is 4.90 Å². The largest absolute Gasteiger partial charge is 0.455 e. The second-order valence-corrected chi connectivity index (χ2v) is 13.7. The predicted molar refractivity (Wildman–Crippen MR) is 206 cm³/mol. The summed E-state index contributed by atoms with van der Waals surface area (Å²) in [4.78, 5) is 2.43. The van der Waals surface area contributed by atoms with Crippen molar-refractivity contribution in [3.8, 4) is 22.3 Å². The summed E-state index contributed by atoms with van der Waals surface area (Å²) in [5.41, 5.74) is 12.7. The SMILES string of the molecule is CC1(C)c2ccccc2-c2ccc(N(c3ccccc3)c3ccc4oc5c6ccccc6c6ccccc6c5c4c3-c3ccccc3)cc21. The minimum atomic E-state index is -0.114. The molecule has 0 radical (unpaired) electrons. The van der Waals surface area contributed by atoms with Crippen LogP contribution in [0.1, 0.15) is 25.0 Å². The Labute approximate surface area is 285 Å². The zero-order chi connectivity index (χ0) is 32.7. The predicted octanol–water partition coefficient (Wildman–Crippen LogP) is 13.3. The number of hydrogen-bond acceptors (Lipinski definition) is 2. The van der Waals surface area contributed by atoms with Crippen molar-refractivity contribution >= 4 is 60.5 Å². The number of furan rings is 1. The summed E-state index contributed by atoms with van der Waals surface area (Å²) < 4.78 is 6.89. The van der Waals surface area contributed by atoms with Crippen LogP contribution in [0.4, 0.5) is 17.1 Å². The van der Waals surface area contributed by atoms with Gasteiger partial charge in [0.05, 0.1) is 5.69 Å². The van der Waals surface area contributed by atoms with Crippen LogP contribution in [0.3, 0.4) is 0 Å². The number of fused-ring (bicyclic) bond motifs is 11. The lowest BCUT2D eigenvalue weighted by Crippen LogP contribution is -2.16. The van der Waals surface area contributed by atoms with Crippen molar-refractivity contribution in [1.82, 2.24) is 0 Å². The molecule has 0 spiro atoms. The van der Waals surface area contributed by atoms with Crippen LogP contribution in [0, 0.1) is 0 Å². The molecule has 0 saturated carbocycles. The molecule has 1 aliphatic carbocycles. The molecule has 0 N–H and O–H groups in total. The Bertz CT molecular complexity index is 2740. The molecule has 0 unspecified atom stereocenters. The van der Waals surface area contributed by atoms with Gasteiger partial charge in [0, 0.05) is 38.5 Å². The molecule has 2 nitrogen and oxygen atoms in total. The number of rotatable bonds is 4. The lowest BCUT2D eigenvalue weighted by Gasteiger charge is -2.30. The first kappa shape index (κ1) is 27.9. The van der Waals surface area contributed by atoms with Crippen LogP contribution in [-0.4, -0.2) is 0 Å². The van der Waals surface area contributed by atoms with Crippen LogP contribution in [0.25, 0.3) is 65.7 Å². The minimum absolute atomic E-state index is 0.114. The average Bonchev–Trinajstić information content (AvgIpc) is 3.66. The first-order valence-electron chi connectivity index (χ1n) is 17.0. The maximum absolute atomic E-state index is 6.89. The van der Waals surface area contributed by atoms with Crippen molar-refractivity contribution in [2.75, 3.05) is 4.90 Å². The van der Waals surface area contributed by atoms with Gasteiger partial charge in [0.25, 0.3) is 0 Å². The van der Waals surface area contributed by atoms with Crippen molar-refractivity contribution in [3.05, 3.63) is 175 Å². The van der Waals surface area contributed by atoms with E-state index >= 15 is 0 Å². The Kier molecular flexibility index (Phi) is 5.95. The molecule has 2 heteroatoms. The fraction of sp³-hybridized carbons (Fsp3) is 0.0638. The Morgan fingerprint density at radius 3 is 1.86 bits per heavy atom. The van der Waals surface area contributed by atoms with E-state index in [2.05, 4.69) is 183 Å². The van der Waals surface area contributed by atoms with Gasteiger partial charge in [-0.25, -0.2) is 0 Å². The lowest BCUT2D eigenvalue weighted by molar-refractivity contribution is 0.660. The number of nitrogens with zero attached hydrogens (tertiary/aromatic N) is 1. The van der Waals surface area contributed by atoms with Gasteiger partial charge in [0.2, 0.25) is 0 Å². The molecule has 0 aliphatic heterocycles. The molecule has 0 atom stereocenters. The summed E-state index contributed by atoms with van der Waals surface area (Å²) in [7, 11) is 0. The molecule has 49 heavy (non-hydrogen) atoms. The summed E-state index contributed by atoms with van der Waals surface area (Å²) in [5.74, 6) is 0. The van der Waals surface area contributed by atoms with Crippen LogP contribution in [0.15, 0.2) is 168 Å². The monoisotopic (exact) mass is 627 g/mol. The highest BCUT2D eigenvalue weighted by Crippen LogP contribution is 2.53. The molecule has 8 aromatic carbocycles. The topological polar surface area (TPSA) is 16.4 Å². The van der Waals surface area contributed by atoms with E-state index in [0.29, 0.717) is 0 Å². The zero-order valence-corrected chi connectivity index (χ0v) is 27.4. The van der Waals surface area contributed by atoms with Gasteiger partial charge in [-0.15, -0.1) is 0 Å². The maximum atomic E-state index is 6.89. The minimum Gasteiger partial charge on any atom is -0.455 e. The van der Waals surface area contributed by atoms with E-state index < -0.39 is 0 Å². The number of para-hydroxylation sites is 1. The molecule has 1 aliphatic rings. The van der Waals surface area contributed by atoms with E-state index in [0.717, 1.165) is 55.5 Å². The highest BCUT2D eigenvalue weighted by atomic mass is 16.3. The van der Waals surface area contributed by atoms with E-state index in [4.69, 9.17) is 4.42 Å². The van der Waals surface area contributed by atoms with E-state index in [-0.39, 0.29) is 5.41 Å². The molecular formula is C47H33NO. The van der Waals surface area contributed by atoms with Crippen LogP contribution >= 0.6 is 0 Å². The van der Waals surface area contributed by atoms with Gasteiger partial charge in [-0.3, -0.25) is 0 Å². The van der Waals surface area contributed by atoms with Gasteiger partial charge in [-0.1, -0.05) is 141 Å². The Morgan fingerprint density at radius 2 is 1.08 bits per heavy atom. The van der Waals surface area contributed by atoms with Crippen molar-refractivity contribution in [2.24, 2.45) is 0 Å². The van der Waals surface area contributed by atoms with Crippen molar-refractivity contribution in [3.63, 3.8) is 0 Å². The van der Waals surface area contributed by atoms with Gasteiger partial charge >= 0.3 is 0 Å². The third kappa shape index (κ3) is 4.01. The third-order valence-corrected chi connectivity index (χ3v) is 10.6. The van der Waals surface area contributed by atoms with Gasteiger partial charge in [-0.2, -0.15) is 0 Å². The quantitative estimate of drug-likeness (QED) is 0.181. The molecular weight excluding hydrogens is 595 g/mol. The first-order valence-corrected chi connectivity index (χ1v) is 17.0. The standard InChI is InChI=1S/C47H33NO/c1-47(2)39-24-14-13-21-35(39)36-26-25-32(29-40(36)47)48(31-17-7-4-8-18-31)41-27-28-42-45(43(41)30-15-5-3-6-16-30)44-37-22-11-9-19-33(37)34-20-10-12-23-38(34)46(44)49-42/h3-29H,1-2H3. The molecule has 9 aromatic rings. The van der Waals surface area contributed by atoms with Gasteiger partial charge in [-0.05, 0) is 80.4 Å². The highest BCUT2D eigenvalue weighted by molar-refractivity contribution is 6.32. The Balaban J connectivity index is 1.33. The second-order valence-electron chi connectivity index (χ2n) is 13.7. The molecule has 1 heterocycles. The lowest BCUT2D eigenvalue weighted by atomic mass is 9.82. The van der Waals surface area contributed by atoms with Crippen LogP contribution in [0.2, 0.25) is 0 Å². The highest BCUT2D eigenvalue weighted by Gasteiger charge is 2.36. The molecule has 0 amide bonds. The fourth-order valence-electron chi connectivity index (χ4n) is 8.40. The Morgan fingerprint density at radius 1 is 0.469 bits per heavy atom. The Hall–Kier alpha value is -6.12. The van der Waals surface area contributed by atoms with E-state index in [1.807, 2.05) is 0 Å². The number of hydrogen-bond donors (Lipinski definition) is 0. The molecule has 232 valence electrons. The summed E-state index contributed by atoms with van der Waals surface area (Å²) in [6.07, 6.45) is 0. The van der Waals surface area contributed by atoms with Crippen molar-refractivity contribution < 1.29 is 4.42 Å². The summed E-state index contributed by atoms with van der Waals surface area (Å²) in [6.45, 7) is 4.70. The second kappa shape index (κ2) is 10.4. The maximum Gasteiger partial charge on any atom is 0.143 e. The smallest absolute Gasteiger partial charge is 0.143 e. The number of anilines is 3. The van der Waals surface area contributed by atoms with E-state index in [1.165, 1.54) is 38.4 Å².